The van der Waals surface area contributed by atoms with Gasteiger partial charge in [0.2, 0.25) is 0 Å². The summed E-state index contributed by atoms with van der Waals surface area (Å²) in [7, 11) is 1.17. The quantitative estimate of drug-likeness (QED) is 0.643. The average molecular weight is 186 g/mol. The van der Waals surface area contributed by atoms with E-state index in [1.165, 1.54) is 21.0 Å². The highest BCUT2D eigenvalue weighted by atomic mass is 35.5. The molecule has 0 aromatic rings. The molecular formula is C6H13ClFNO2. The van der Waals surface area contributed by atoms with Gasteiger partial charge >= 0.3 is 5.97 Å². The standard InChI is InChI=1S/C6H12FNO2.ClH/c1-6(2,7)4(8)5(9)10-3;/h4H,8H2,1-3H3;1H. The van der Waals surface area contributed by atoms with Crippen LogP contribution in [0.3, 0.4) is 0 Å². The number of esters is 1. The molecule has 5 heteroatoms. The lowest BCUT2D eigenvalue weighted by Gasteiger charge is -2.19. The largest absolute Gasteiger partial charge is 0.468 e. The molecular weight excluding hydrogens is 173 g/mol. The first-order valence-electron chi connectivity index (χ1n) is 2.92. The molecule has 0 aliphatic rings. The first-order valence-corrected chi connectivity index (χ1v) is 2.92. The Bertz CT molecular complexity index is 135. The molecule has 0 bridgehead atoms. The smallest absolute Gasteiger partial charge is 0.325 e. The Morgan fingerprint density at radius 1 is 1.64 bits per heavy atom. The Morgan fingerprint density at radius 3 is 2.09 bits per heavy atom. The molecule has 0 fully saturated rings. The van der Waals surface area contributed by atoms with Crippen LogP contribution in [0.4, 0.5) is 4.39 Å². The van der Waals surface area contributed by atoms with E-state index >= 15 is 0 Å². The minimum atomic E-state index is -1.72. The third-order valence-corrected chi connectivity index (χ3v) is 1.19. The normalized spacial score (nSPS) is 13.2. The molecule has 1 unspecified atom stereocenters. The third kappa shape index (κ3) is 4.16. The number of methoxy groups -OCH3 is 1. The molecule has 1 atom stereocenters. The van der Waals surface area contributed by atoms with Crippen LogP contribution in [0.5, 0.6) is 0 Å². The predicted molar refractivity (Wildman–Crippen MR) is 42.4 cm³/mol. The van der Waals surface area contributed by atoms with Gasteiger partial charge in [-0.25, -0.2) is 4.39 Å². The van der Waals surface area contributed by atoms with Gasteiger partial charge in [0.25, 0.3) is 0 Å². The summed E-state index contributed by atoms with van der Waals surface area (Å²) in [6.45, 7) is 2.46. The van der Waals surface area contributed by atoms with E-state index in [-0.39, 0.29) is 12.4 Å². The SMILES string of the molecule is COC(=O)C(N)C(C)(C)F.Cl. The fourth-order valence-electron chi connectivity index (χ4n) is 0.407. The van der Waals surface area contributed by atoms with Crippen molar-refractivity contribution < 1.29 is 13.9 Å². The molecule has 0 saturated carbocycles. The Hall–Kier alpha value is -0.350. The molecule has 3 nitrogen and oxygen atoms in total. The van der Waals surface area contributed by atoms with E-state index in [4.69, 9.17) is 5.73 Å². The number of rotatable bonds is 2. The van der Waals surface area contributed by atoms with Crippen molar-refractivity contribution in [3.05, 3.63) is 0 Å². The van der Waals surface area contributed by atoms with E-state index in [2.05, 4.69) is 4.74 Å². The van der Waals surface area contributed by atoms with Crippen molar-refractivity contribution >= 4 is 18.4 Å². The zero-order valence-corrected chi connectivity index (χ0v) is 7.57. The topological polar surface area (TPSA) is 52.3 Å². The van der Waals surface area contributed by atoms with Gasteiger partial charge in [0.05, 0.1) is 7.11 Å². The van der Waals surface area contributed by atoms with E-state index in [1.54, 1.807) is 0 Å². The molecule has 0 aliphatic carbocycles. The molecule has 0 rings (SSSR count). The van der Waals surface area contributed by atoms with Crippen molar-refractivity contribution in [2.45, 2.75) is 25.6 Å². The first-order chi connectivity index (χ1) is 4.39. The second-order valence-electron chi connectivity index (χ2n) is 2.57. The Balaban J connectivity index is 0. The number of halogens is 2. The van der Waals surface area contributed by atoms with Crippen LogP contribution in [-0.2, 0) is 9.53 Å². The molecule has 0 radical (unpaired) electrons. The van der Waals surface area contributed by atoms with Crippen molar-refractivity contribution in [2.24, 2.45) is 5.73 Å². The van der Waals surface area contributed by atoms with Crippen LogP contribution < -0.4 is 5.73 Å². The van der Waals surface area contributed by atoms with Gasteiger partial charge in [-0.15, -0.1) is 12.4 Å². The number of hydrogen-bond donors (Lipinski definition) is 1. The van der Waals surface area contributed by atoms with Gasteiger partial charge in [-0.05, 0) is 13.8 Å². The molecule has 0 aliphatic heterocycles. The highest BCUT2D eigenvalue weighted by Gasteiger charge is 2.32. The third-order valence-electron chi connectivity index (χ3n) is 1.19. The summed E-state index contributed by atoms with van der Waals surface area (Å²) in [6, 6.07) is -1.20. The van der Waals surface area contributed by atoms with Crippen molar-refractivity contribution in [1.82, 2.24) is 0 Å². The van der Waals surface area contributed by atoms with Crippen molar-refractivity contribution in [2.75, 3.05) is 7.11 Å². The molecule has 0 heterocycles. The van der Waals surface area contributed by atoms with Gasteiger partial charge in [0.15, 0.2) is 0 Å². The summed E-state index contributed by atoms with van der Waals surface area (Å²) in [5.74, 6) is -0.729. The summed E-state index contributed by atoms with van der Waals surface area (Å²) in [5, 5.41) is 0. The van der Waals surface area contributed by atoms with Gasteiger partial charge in [-0.3, -0.25) is 4.79 Å². The molecule has 68 valence electrons. The fraction of sp³-hybridized carbons (Fsp3) is 0.833. The monoisotopic (exact) mass is 185 g/mol. The lowest BCUT2D eigenvalue weighted by atomic mass is 10.0. The van der Waals surface area contributed by atoms with E-state index in [0.29, 0.717) is 0 Å². The number of nitrogens with two attached hydrogens (primary N) is 1. The maximum Gasteiger partial charge on any atom is 0.325 e. The van der Waals surface area contributed by atoms with Crippen LogP contribution in [-0.4, -0.2) is 24.8 Å². The van der Waals surface area contributed by atoms with Crippen LogP contribution in [0.15, 0.2) is 0 Å². The van der Waals surface area contributed by atoms with Gasteiger partial charge in [0.1, 0.15) is 11.7 Å². The molecule has 11 heavy (non-hydrogen) atoms. The van der Waals surface area contributed by atoms with Gasteiger partial charge < -0.3 is 10.5 Å². The van der Waals surface area contributed by atoms with Crippen molar-refractivity contribution in [3.8, 4) is 0 Å². The van der Waals surface area contributed by atoms with E-state index in [0.717, 1.165) is 0 Å². The lowest BCUT2D eigenvalue weighted by Crippen LogP contribution is -2.46. The van der Waals surface area contributed by atoms with Gasteiger partial charge in [0, 0.05) is 0 Å². The molecule has 0 aromatic carbocycles. The maximum atomic E-state index is 12.8. The highest BCUT2D eigenvalue weighted by molar-refractivity contribution is 5.85. The Morgan fingerprint density at radius 2 is 2.00 bits per heavy atom. The molecule has 0 amide bonds. The predicted octanol–water partition coefficient (Wildman–Crippen LogP) is 0.657. The minimum Gasteiger partial charge on any atom is -0.468 e. The molecule has 0 saturated heterocycles. The van der Waals surface area contributed by atoms with Crippen LogP contribution in [0.25, 0.3) is 0 Å². The van der Waals surface area contributed by atoms with Gasteiger partial charge in [-0.2, -0.15) is 0 Å². The van der Waals surface area contributed by atoms with Crippen molar-refractivity contribution in [3.63, 3.8) is 0 Å². The summed E-state index contributed by atoms with van der Waals surface area (Å²) in [5.41, 5.74) is 3.44. The number of carbonyl (C=O) groups excluding carboxylic acids is 1. The molecule has 0 spiro atoms. The highest BCUT2D eigenvalue weighted by Crippen LogP contribution is 2.12. The summed E-state index contributed by atoms with van der Waals surface area (Å²) in [6.07, 6.45) is 0. The second-order valence-corrected chi connectivity index (χ2v) is 2.57. The maximum absolute atomic E-state index is 12.8. The van der Waals surface area contributed by atoms with E-state index < -0.39 is 17.7 Å². The van der Waals surface area contributed by atoms with E-state index in [1.807, 2.05) is 0 Å². The number of alkyl halides is 1. The molecule has 0 aromatic heterocycles. The zero-order chi connectivity index (χ0) is 8.36. The average Bonchev–Trinajstić information content (AvgIpc) is 1.83. The zero-order valence-electron chi connectivity index (χ0n) is 6.76. The lowest BCUT2D eigenvalue weighted by molar-refractivity contribution is -0.145. The molecule has 2 N–H and O–H groups in total. The number of carbonyl (C=O) groups is 1. The summed E-state index contributed by atoms with van der Waals surface area (Å²) >= 11 is 0. The van der Waals surface area contributed by atoms with Crippen LogP contribution in [0, 0.1) is 0 Å². The van der Waals surface area contributed by atoms with Crippen LogP contribution in [0.1, 0.15) is 13.8 Å². The summed E-state index contributed by atoms with van der Waals surface area (Å²) < 4.78 is 17.0. The first kappa shape index (κ1) is 13.3. The number of hydrogen-bond acceptors (Lipinski definition) is 3. The Kier molecular flexibility index (Phi) is 5.44. The van der Waals surface area contributed by atoms with Crippen molar-refractivity contribution in [1.29, 1.82) is 0 Å². The second kappa shape index (κ2) is 4.51. The fourth-order valence-corrected chi connectivity index (χ4v) is 0.407. The summed E-state index contributed by atoms with van der Waals surface area (Å²) in [4.78, 5) is 10.6. The minimum absolute atomic E-state index is 0. The van der Waals surface area contributed by atoms with Gasteiger partial charge in [-0.1, -0.05) is 0 Å². The number of ether oxygens (including phenoxy) is 1. The van der Waals surface area contributed by atoms with Crippen LogP contribution in [0.2, 0.25) is 0 Å². The van der Waals surface area contributed by atoms with Crippen LogP contribution >= 0.6 is 12.4 Å². The Labute approximate surface area is 71.5 Å². The van der Waals surface area contributed by atoms with E-state index in [9.17, 15) is 9.18 Å².